The SMILES string of the molecule is C[C@@H]1NC(=O)[C@H](Cc2ccccc2)NC(=O)[C@H](C)NC(=O)C2(CCN(C(=O)C3CCOCC3)CC2)Oc2ccc(cc2)OCCNC1=O. The third-order valence-corrected chi connectivity index (χ3v) is 9.08. The Balaban J connectivity index is 1.37. The molecule has 2 saturated heterocycles. The number of benzene rings is 2. The van der Waals surface area contributed by atoms with Gasteiger partial charge in [0.25, 0.3) is 5.91 Å². The van der Waals surface area contributed by atoms with E-state index < -0.39 is 47.4 Å². The molecule has 48 heavy (non-hydrogen) atoms. The number of piperidine rings is 1. The molecule has 3 atom stereocenters. The summed E-state index contributed by atoms with van der Waals surface area (Å²) in [5, 5.41) is 11.0. The van der Waals surface area contributed by atoms with Gasteiger partial charge in [-0.1, -0.05) is 30.3 Å². The highest BCUT2D eigenvalue weighted by molar-refractivity contribution is 5.95. The molecule has 0 radical (unpaired) electrons. The number of amides is 5. The molecule has 0 aliphatic carbocycles. The van der Waals surface area contributed by atoms with E-state index in [1.54, 1.807) is 36.1 Å². The predicted molar refractivity (Wildman–Crippen MR) is 175 cm³/mol. The zero-order valence-corrected chi connectivity index (χ0v) is 27.5. The van der Waals surface area contributed by atoms with Crippen molar-refractivity contribution < 1.29 is 38.2 Å². The van der Waals surface area contributed by atoms with Gasteiger partial charge in [-0.2, -0.15) is 0 Å². The van der Waals surface area contributed by atoms with E-state index in [2.05, 4.69) is 21.3 Å². The lowest BCUT2D eigenvalue weighted by Crippen LogP contribution is -2.62. The van der Waals surface area contributed by atoms with Crippen LogP contribution in [0.3, 0.4) is 0 Å². The Bertz CT molecular complexity index is 1440. The van der Waals surface area contributed by atoms with Gasteiger partial charge in [-0.05, 0) is 56.5 Å². The van der Waals surface area contributed by atoms with Crippen molar-refractivity contribution >= 4 is 29.5 Å². The second-order valence-corrected chi connectivity index (χ2v) is 12.6. The Morgan fingerprint density at radius 3 is 2.12 bits per heavy atom. The summed E-state index contributed by atoms with van der Waals surface area (Å²) in [6, 6.07) is 13.1. The maximum absolute atomic E-state index is 14.0. The highest BCUT2D eigenvalue weighted by atomic mass is 16.5. The van der Waals surface area contributed by atoms with Crippen LogP contribution in [0.15, 0.2) is 54.6 Å². The Morgan fingerprint density at radius 2 is 1.44 bits per heavy atom. The number of hydrogen-bond acceptors (Lipinski definition) is 8. The first-order valence-electron chi connectivity index (χ1n) is 16.7. The smallest absolute Gasteiger partial charge is 0.264 e. The van der Waals surface area contributed by atoms with Crippen molar-refractivity contribution in [3.05, 3.63) is 60.2 Å². The standard InChI is InChI=1S/C35H45N5O8/c1-23-30(41)36-16-21-47-27-8-10-28(11-9-27)48-35(14-17-40(18-15-35)33(44)26-12-19-46-20-13-26)34(45)38-24(2)31(42)39-29(32(43)37-23)22-25-6-4-3-5-7-25/h3-11,23-24,26,29H,12-22H2,1-2H3,(H,36,41)(H,37,43)(H,38,45)(H,39,42)/t23-,24-,29-/m0/s1. The number of ether oxygens (including phenoxy) is 3. The molecule has 13 nitrogen and oxygen atoms in total. The monoisotopic (exact) mass is 663 g/mol. The Hall–Kier alpha value is -4.65. The zero-order chi connectivity index (χ0) is 34.1. The second-order valence-electron chi connectivity index (χ2n) is 12.6. The van der Waals surface area contributed by atoms with Crippen LogP contribution >= 0.6 is 0 Å². The minimum Gasteiger partial charge on any atom is -0.492 e. The van der Waals surface area contributed by atoms with Crippen molar-refractivity contribution in [1.29, 1.82) is 0 Å². The van der Waals surface area contributed by atoms with Crippen molar-refractivity contribution in [2.75, 3.05) is 39.5 Å². The van der Waals surface area contributed by atoms with Gasteiger partial charge in [0, 0.05) is 51.5 Å². The van der Waals surface area contributed by atoms with E-state index in [0.717, 1.165) is 5.56 Å². The van der Waals surface area contributed by atoms with Crippen LogP contribution in [0.2, 0.25) is 0 Å². The van der Waals surface area contributed by atoms with Gasteiger partial charge in [0.15, 0.2) is 5.60 Å². The van der Waals surface area contributed by atoms with Crippen molar-refractivity contribution in [1.82, 2.24) is 26.2 Å². The fraction of sp³-hybridized carbons (Fsp3) is 0.514. The van der Waals surface area contributed by atoms with Crippen molar-refractivity contribution in [2.45, 2.75) is 69.7 Å². The van der Waals surface area contributed by atoms with Crippen LogP contribution in [-0.2, 0) is 35.1 Å². The summed E-state index contributed by atoms with van der Waals surface area (Å²) in [7, 11) is 0. The third kappa shape index (κ3) is 8.82. The Morgan fingerprint density at radius 1 is 0.792 bits per heavy atom. The van der Waals surface area contributed by atoms with Gasteiger partial charge in [0.05, 0.1) is 6.54 Å². The second kappa shape index (κ2) is 16.0. The molecule has 0 aromatic heterocycles. The zero-order valence-electron chi connectivity index (χ0n) is 27.5. The number of fused-ring (bicyclic) bond motifs is 15. The van der Waals surface area contributed by atoms with Crippen LogP contribution in [0, 0.1) is 5.92 Å². The summed E-state index contributed by atoms with van der Waals surface area (Å²) in [5.41, 5.74) is -0.552. The molecule has 2 aromatic carbocycles. The molecular formula is C35H45N5O8. The summed E-state index contributed by atoms with van der Waals surface area (Å²) >= 11 is 0. The number of hydrogen-bond donors (Lipinski definition) is 4. The fourth-order valence-corrected chi connectivity index (χ4v) is 6.12. The average Bonchev–Trinajstić information content (AvgIpc) is 3.10. The molecule has 1 spiro atoms. The lowest BCUT2D eigenvalue weighted by molar-refractivity contribution is -0.150. The maximum atomic E-state index is 14.0. The summed E-state index contributed by atoms with van der Waals surface area (Å²) < 4.78 is 17.6. The molecule has 5 amide bonds. The van der Waals surface area contributed by atoms with Crippen molar-refractivity contribution in [3.63, 3.8) is 0 Å². The number of carbonyl (C=O) groups is 5. The van der Waals surface area contributed by atoms with Gasteiger partial charge < -0.3 is 40.4 Å². The van der Waals surface area contributed by atoms with Gasteiger partial charge in [0.1, 0.15) is 36.2 Å². The topological polar surface area (TPSA) is 164 Å². The average molecular weight is 664 g/mol. The Kier molecular flexibility index (Phi) is 11.5. The molecule has 2 bridgehead atoms. The highest BCUT2D eigenvalue weighted by Crippen LogP contribution is 2.32. The maximum Gasteiger partial charge on any atom is 0.264 e. The van der Waals surface area contributed by atoms with E-state index in [0.29, 0.717) is 50.6 Å². The Labute approximate surface area is 280 Å². The molecule has 13 heteroatoms. The molecule has 2 aromatic rings. The molecule has 4 aliphatic rings. The van der Waals surface area contributed by atoms with Gasteiger partial charge >= 0.3 is 0 Å². The molecule has 2 fully saturated rings. The minimum absolute atomic E-state index is 0.0583. The van der Waals surface area contributed by atoms with Gasteiger partial charge in [-0.3, -0.25) is 24.0 Å². The van der Waals surface area contributed by atoms with Crippen LogP contribution in [0.1, 0.15) is 45.1 Å². The summed E-state index contributed by atoms with van der Waals surface area (Å²) in [6.45, 7) is 5.22. The molecule has 0 saturated carbocycles. The van der Waals surface area contributed by atoms with E-state index >= 15 is 0 Å². The first-order chi connectivity index (χ1) is 23.1. The minimum atomic E-state index is -1.36. The molecule has 6 rings (SSSR count). The highest BCUT2D eigenvalue weighted by Gasteiger charge is 2.46. The van der Waals surface area contributed by atoms with Crippen molar-refractivity contribution in [3.8, 4) is 11.5 Å². The van der Waals surface area contributed by atoms with E-state index in [1.807, 2.05) is 30.3 Å². The lowest BCUT2D eigenvalue weighted by Gasteiger charge is -2.42. The van der Waals surface area contributed by atoms with Crippen LogP contribution < -0.4 is 30.7 Å². The molecular weight excluding hydrogens is 618 g/mol. The van der Waals surface area contributed by atoms with Crippen LogP contribution in [0.25, 0.3) is 0 Å². The van der Waals surface area contributed by atoms with Gasteiger partial charge in [-0.15, -0.1) is 0 Å². The quantitative estimate of drug-likeness (QED) is 0.355. The number of rotatable bonds is 3. The van der Waals surface area contributed by atoms with E-state index in [1.165, 1.54) is 6.92 Å². The molecule has 4 aliphatic heterocycles. The molecule has 0 unspecified atom stereocenters. The summed E-state index contributed by atoms with van der Waals surface area (Å²) in [4.78, 5) is 68.7. The van der Waals surface area contributed by atoms with Crippen LogP contribution in [0.4, 0.5) is 0 Å². The summed E-state index contributed by atoms with van der Waals surface area (Å²) in [6.07, 6.45) is 1.95. The van der Waals surface area contributed by atoms with E-state index in [4.69, 9.17) is 14.2 Å². The van der Waals surface area contributed by atoms with Crippen LogP contribution in [-0.4, -0.2) is 97.6 Å². The third-order valence-electron chi connectivity index (χ3n) is 9.08. The number of nitrogens with one attached hydrogen (secondary N) is 4. The van der Waals surface area contributed by atoms with Gasteiger partial charge in [-0.25, -0.2) is 0 Å². The number of carbonyl (C=O) groups excluding carboxylic acids is 5. The largest absolute Gasteiger partial charge is 0.492 e. The molecule has 258 valence electrons. The predicted octanol–water partition coefficient (Wildman–Crippen LogP) is 1.10. The van der Waals surface area contributed by atoms with E-state index in [9.17, 15) is 24.0 Å². The number of nitrogens with zero attached hydrogens (tertiary/aromatic N) is 1. The van der Waals surface area contributed by atoms with E-state index in [-0.39, 0.29) is 44.2 Å². The van der Waals surface area contributed by atoms with Gasteiger partial charge in [0.2, 0.25) is 23.6 Å². The lowest BCUT2D eigenvalue weighted by atomic mass is 9.88. The van der Waals surface area contributed by atoms with Crippen LogP contribution in [0.5, 0.6) is 11.5 Å². The first-order valence-corrected chi connectivity index (χ1v) is 16.7. The first kappa shape index (κ1) is 34.7. The number of likely N-dealkylation sites (tertiary alicyclic amines) is 1. The normalized spacial score (nSPS) is 24.7. The summed E-state index contributed by atoms with van der Waals surface area (Å²) in [5.74, 6) is -1.09. The van der Waals surface area contributed by atoms with Crippen molar-refractivity contribution in [2.24, 2.45) is 5.92 Å². The molecule has 4 heterocycles. The fourth-order valence-electron chi connectivity index (χ4n) is 6.12. The molecule has 4 N–H and O–H groups in total.